The number of hydrogen-bond acceptors (Lipinski definition) is 5. The molecule has 0 aliphatic heterocycles. The predicted molar refractivity (Wildman–Crippen MR) is 97.2 cm³/mol. The Kier molecular flexibility index (Phi) is 7.02. The highest BCUT2D eigenvalue weighted by Gasteiger charge is 2.17. The molecule has 2 aromatic rings. The normalized spacial score (nSPS) is 12.1. The second kappa shape index (κ2) is 9.45. The quantitative estimate of drug-likeness (QED) is 0.428. The fraction of sp³-hybridized carbons (Fsp3) is 0.211. The average Bonchev–Trinajstić information content (AvgIpc) is 2.66. The summed E-state index contributed by atoms with van der Waals surface area (Å²) < 4.78 is 0. The number of amides is 1. The van der Waals surface area contributed by atoms with Gasteiger partial charge >= 0.3 is 0 Å². The van der Waals surface area contributed by atoms with Gasteiger partial charge in [0.25, 0.3) is 5.69 Å². The molecular weight excluding hydrogens is 336 g/mol. The Hall–Kier alpha value is -3.03. The van der Waals surface area contributed by atoms with Crippen LogP contribution >= 0.6 is 0 Å². The van der Waals surface area contributed by atoms with Crippen molar-refractivity contribution in [2.75, 3.05) is 19.7 Å². The predicted octanol–water partition coefficient (Wildman–Crippen LogP) is 2.16. The SMILES string of the molecule is O=C(/C=C/c1ccccc1[N+](=O)[O-])N(CCO)CC(O)c1ccccc1. The Labute approximate surface area is 151 Å². The van der Waals surface area contributed by atoms with E-state index in [0.717, 1.165) is 0 Å². The molecule has 2 aromatic carbocycles. The number of hydrogen-bond donors (Lipinski definition) is 2. The molecule has 0 saturated heterocycles. The smallest absolute Gasteiger partial charge is 0.276 e. The number of carbonyl (C=O) groups is 1. The number of nitro groups is 1. The van der Waals surface area contributed by atoms with Gasteiger partial charge in [0.05, 0.1) is 29.7 Å². The van der Waals surface area contributed by atoms with Gasteiger partial charge in [0.1, 0.15) is 0 Å². The van der Waals surface area contributed by atoms with Gasteiger partial charge in [-0.25, -0.2) is 0 Å². The molecular formula is C19H20N2O5. The second-order valence-corrected chi connectivity index (χ2v) is 5.58. The highest BCUT2D eigenvalue weighted by atomic mass is 16.6. The van der Waals surface area contributed by atoms with Crippen LogP contribution in [-0.4, -0.2) is 45.6 Å². The zero-order valence-electron chi connectivity index (χ0n) is 14.1. The largest absolute Gasteiger partial charge is 0.395 e. The van der Waals surface area contributed by atoms with E-state index in [-0.39, 0.29) is 25.4 Å². The molecule has 0 radical (unpaired) electrons. The number of benzene rings is 2. The van der Waals surface area contributed by atoms with Crippen LogP contribution in [0.25, 0.3) is 6.08 Å². The zero-order chi connectivity index (χ0) is 18.9. The Morgan fingerprint density at radius 2 is 1.81 bits per heavy atom. The van der Waals surface area contributed by atoms with Crippen molar-refractivity contribution in [3.8, 4) is 0 Å². The van der Waals surface area contributed by atoms with Gasteiger partial charge < -0.3 is 15.1 Å². The lowest BCUT2D eigenvalue weighted by Crippen LogP contribution is -2.35. The minimum absolute atomic E-state index is 0.00459. The first-order valence-electron chi connectivity index (χ1n) is 8.07. The first kappa shape index (κ1) is 19.3. The highest BCUT2D eigenvalue weighted by Crippen LogP contribution is 2.19. The summed E-state index contributed by atoms with van der Waals surface area (Å²) >= 11 is 0. The van der Waals surface area contributed by atoms with Crippen molar-refractivity contribution >= 4 is 17.7 Å². The molecule has 0 saturated carbocycles. The maximum Gasteiger partial charge on any atom is 0.276 e. The molecule has 1 atom stereocenters. The van der Waals surface area contributed by atoms with Crippen molar-refractivity contribution < 1.29 is 19.9 Å². The van der Waals surface area contributed by atoms with Gasteiger partial charge in [0, 0.05) is 18.7 Å². The monoisotopic (exact) mass is 356 g/mol. The number of rotatable bonds is 8. The van der Waals surface area contributed by atoms with E-state index in [9.17, 15) is 25.1 Å². The third-order valence-electron chi connectivity index (χ3n) is 3.80. The molecule has 2 N–H and O–H groups in total. The summed E-state index contributed by atoms with van der Waals surface area (Å²) in [4.78, 5) is 24.2. The van der Waals surface area contributed by atoms with Crippen LogP contribution in [0.2, 0.25) is 0 Å². The lowest BCUT2D eigenvalue weighted by atomic mass is 10.1. The lowest BCUT2D eigenvalue weighted by Gasteiger charge is -2.23. The molecule has 0 fully saturated rings. The third-order valence-corrected chi connectivity index (χ3v) is 3.80. The molecule has 0 aromatic heterocycles. The lowest BCUT2D eigenvalue weighted by molar-refractivity contribution is -0.385. The number of aliphatic hydroxyl groups is 2. The van der Waals surface area contributed by atoms with E-state index in [1.54, 1.807) is 36.4 Å². The molecule has 2 rings (SSSR count). The molecule has 0 heterocycles. The molecule has 0 spiro atoms. The summed E-state index contributed by atoms with van der Waals surface area (Å²) in [5.74, 6) is -0.452. The van der Waals surface area contributed by atoms with Gasteiger partial charge in [-0.3, -0.25) is 14.9 Å². The second-order valence-electron chi connectivity index (χ2n) is 5.58. The molecule has 0 bridgehead atoms. The van der Waals surface area contributed by atoms with Crippen molar-refractivity contribution in [2.45, 2.75) is 6.10 Å². The van der Waals surface area contributed by atoms with Crippen LogP contribution in [-0.2, 0) is 4.79 Å². The first-order valence-corrected chi connectivity index (χ1v) is 8.07. The van der Waals surface area contributed by atoms with Crippen LogP contribution < -0.4 is 0 Å². The summed E-state index contributed by atoms with van der Waals surface area (Å²) in [6, 6.07) is 15.0. The summed E-state index contributed by atoms with van der Waals surface area (Å²) in [5, 5.41) is 30.5. The van der Waals surface area contributed by atoms with Gasteiger partial charge in [-0.1, -0.05) is 42.5 Å². The standard InChI is InChI=1S/C19H20N2O5/c22-13-12-20(14-18(23)16-7-2-1-3-8-16)19(24)11-10-15-6-4-5-9-17(15)21(25)26/h1-11,18,22-23H,12-14H2/b11-10+. The molecule has 1 amide bonds. The van der Waals surface area contributed by atoms with Gasteiger partial charge in [-0.05, 0) is 17.7 Å². The van der Waals surface area contributed by atoms with Crippen LogP contribution in [0.3, 0.4) is 0 Å². The van der Waals surface area contributed by atoms with E-state index in [4.69, 9.17) is 0 Å². The molecule has 136 valence electrons. The average molecular weight is 356 g/mol. The topological polar surface area (TPSA) is 104 Å². The number of nitro benzene ring substituents is 1. The maximum atomic E-state index is 12.4. The van der Waals surface area contributed by atoms with Crippen molar-refractivity contribution in [3.05, 3.63) is 81.9 Å². The number of carbonyl (C=O) groups excluding carboxylic acids is 1. The van der Waals surface area contributed by atoms with E-state index in [2.05, 4.69) is 0 Å². The van der Waals surface area contributed by atoms with E-state index < -0.39 is 16.9 Å². The van der Waals surface area contributed by atoms with E-state index >= 15 is 0 Å². The van der Waals surface area contributed by atoms with Crippen LogP contribution in [0.5, 0.6) is 0 Å². The zero-order valence-corrected chi connectivity index (χ0v) is 14.1. The van der Waals surface area contributed by atoms with Crippen molar-refractivity contribution in [3.63, 3.8) is 0 Å². The summed E-state index contributed by atoms with van der Waals surface area (Å²) in [7, 11) is 0. The molecule has 0 aliphatic carbocycles. The van der Waals surface area contributed by atoms with Gasteiger partial charge in [-0.2, -0.15) is 0 Å². The van der Waals surface area contributed by atoms with Crippen LogP contribution in [0.1, 0.15) is 17.2 Å². The maximum absolute atomic E-state index is 12.4. The Morgan fingerprint density at radius 1 is 1.15 bits per heavy atom. The fourth-order valence-electron chi connectivity index (χ4n) is 2.46. The first-order chi connectivity index (χ1) is 12.5. The highest BCUT2D eigenvalue weighted by molar-refractivity contribution is 5.92. The van der Waals surface area contributed by atoms with Crippen LogP contribution in [0.15, 0.2) is 60.7 Å². The number of para-hydroxylation sites is 1. The van der Waals surface area contributed by atoms with Gasteiger partial charge in [0.2, 0.25) is 5.91 Å². The number of aliphatic hydroxyl groups excluding tert-OH is 2. The Morgan fingerprint density at radius 3 is 2.46 bits per heavy atom. The molecule has 0 aliphatic rings. The van der Waals surface area contributed by atoms with E-state index in [1.807, 2.05) is 6.07 Å². The minimum atomic E-state index is -0.897. The molecule has 1 unspecified atom stereocenters. The number of nitrogens with zero attached hydrogens (tertiary/aromatic N) is 2. The summed E-state index contributed by atoms with van der Waals surface area (Å²) in [6.45, 7) is -0.207. The van der Waals surface area contributed by atoms with Gasteiger partial charge in [0.15, 0.2) is 0 Å². The van der Waals surface area contributed by atoms with Crippen molar-refractivity contribution in [1.29, 1.82) is 0 Å². The molecule has 26 heavy (non-hydrogen) atoms. The molecule has 7 nitrogen and oxygen atoms in total. The molecule has 7 heteroatoms. The van der Waals surface area contributed by atoms with E-state index in [0.29, 0.717) is 11.1 Å². The Balaban J connectivity index is 2.12. The third kappa shape index (κ3) is 5.23. The summed E-state index contributed by atoms with van der Waals surface area (Å²) in [5.41, 5.74) is 0.860. The fourth-order valence-corrected chi connectivity index (χ4v) is 2.46. The van der Waals surface area contributed by atoms with E-state index in [1.165, 1.54) is 29.2 Å². The van der Waals surface area contributed by atoms with Crippen LogP contribution in [0.4, 0.5) is 5.69 Å². The van der Waals surface area contributed by atoms with Crippen LogP contribution in [0, 0.1) is 10.1 Å². The Bertz CT molecular complexity index is 777. The van der Waals surface area contributed by atoms with Crippen molar-refractivity contribution in [1.82, 2.24) is 4.90 Å². The minimum Gasteiger partial charge on any atom is -0.395 e. The summed E-state index contributed by atoms with van der Waals surface area (Å²) in [6.07, 6.45) is 1.67. The van der Waals surface area contributed by atoms with Crippen molar-refractivity contribution in [2.24, 2.45) is 0 Å². The van der Waals surface area contributed by atoms with Gasteiger partial charge in [-0.15, -0.1) is 0 Å².